The Kier molecular flexibility index (Phi) is 12.3. The van der Waals surface area contributed by atoms with Crippen LogP contribution in [-0.2, 0) is 14.3 Å². The molecule has 0 spiro atoms. The Morgan fingerprint density at radius 1 is 0.810 bits per heavy atom. The molecule has 0 saturated heterocycles. The van der Waals surface area contributed by atoms with Crippen molar-refractivity contribution in [3.63, 3.8) is 0 Å². The highest BCUT2D eigenvalue weighted by atomic mass is 16.6. The molecule has 0 aliphatic carbocycles. The Morgan fingerprint density at radius 2 is 1.38 bits per heavy atom. The predicted molar refractivity (Wildman–Crippen MR) is 86.9 cm³/mol. The van der Waals surface area contributed by atoms with Gasteiger partial charge in [-0.25, -0.2) is 0 Å². The zero-order valence-corrected chi connectivity index (χ0v) is 14.5. The average Bonchev–Trinajstić information content (AvgIpc) is 2.43. The average molecular weight is 298 g/mol. The maximum Gasteiger partial charge on any atom is 0.316 e. The summed E-state index contributed by atoms with van der Waals surface area (Å²) in [5.41, 5.74) is 0. The van der Waals surface area contributed by atoms with Crippen molar-refractivity contribution in [2.24, 2.45) is 11.8 Å². The van der Waals surface area contributed by atoms with Gasteiger partial charge < -0.3 is 4.74 Å². The van der Waals surface area contributed by atoms with Crippen molar-refractivity contribution >= 4 is 11.9 Å². The number of hydrogen-bond acceptors (Lipinski definition) is 3. The van der Waals surface area contributed by atoms with Crippen LogP contribution in [0.4, 0.5) is 0 Å². The van der Waals surface area contributed by atoms with E-state index in [1.165, 1.54) is 0 Å². The van der Waals surface area contributed by atoms with E-state index < -0.39 is 0 Å². The Labute approximate surface area is 130 Å². The van der Waals surface area contributed by atoms with Gasteiger partial charge in [-0.15, -0.1) is 0 Å². The van der Waals surface area contributed by atoms with Gasteiger partial charge in [0.15, 0.2) is 0 Å². The molecular formula is C18H34O3. The smallest absolute Gasteiger partial charge is 0.316 e. The second-order valence-electron chi connectivity index (χ2n) is 6.07. The van der Waals surface area contributed by atoms with Gasteiger partial charge in [-0.1, -0.05) is 72.6 Å². The highest BCUT2D eigenvalue weighted by Gasteiger charge is 2.23. The lowest BCUT2D eigenvalue weighted by Crippen LogP contribution is -2.23. The molecule has 3 nitrogen and oxygen atoms in total. The standard InChI is InChI=1S/C18H34O3/c1-5-9-13-16(12-8-4)18(20)21-17(19)14-15(10-6-2)11-7-3/h15-16H,5-14H2,1-4H3. The van der Waals surface area contributed by atoms with Gasteiger partial charge in [0, 0.05) is 6.42 Å². The Morgan fingerprint density at radius 3 is 1.86 bits per heavy atom. The van der Waals surface area contributed by atoms with E-state index in [9.17, 15) is 9.59 Å². The number of unbranched alkanes of at least 4 members (excludes halogenated alkanes) is 1. The van der Waals surface area contributed by atoms with Crippen LogP contribution in [0.25, 0.3) is 0 Å². The van der Waals surface area contributed by atoms with Crippen LogP contribution < -0.4 is 0 Å². The fourth-order valence-corrected chi connectivity index (χ4v) is 2.82. The molecule has 0 saturated carbocycles. The molecule has 0 aliphatic heterocycles. The maximum atomic E-state index is 12.1. The predicted octanol–water partition coefficient (Wildman–Crippen LogP) is 5.27. The number of carbonyl (C=O) groups is 2. The third-order valence-corrected chi connectivity index (χ3v) is 3.94. The first-order valence-electron chi connectivity index (χ1n) is 8.83. The zero-order valence-electron chi connectivity index (χ0n) is 14.5. The summed E-state index contributed by atoms with van der Waals surface area (Å²) < 4.78 is 5.11. The molecule has 21 heavy (non-hydrogen) atoms. The summed E-state index contributed by atoms with van der Waals surface area (Å²) in [6.07, 6.45) is 9.28. The molecule has 1 atom stereocenters. The zero-order chi connectivity index (χ0) is 16.1. The largest absolute Gasteiger partial charge is 0.393 e. The lowest BCUT2D eigenvalue weighted by atomic mass is 9.94. The third-order valence-electron chi connectivity index (χ3n) is 3.94. The second kappa shape index (κ2) is 12.8. The molecule has 0 radical (unpaired) electrons. The van der Waals surface area contributed by atoms with E-state index in [0.29, 0.717) is 12.3 Å². The lowest BCUT2D eigenvalue weighted by molar-refractivity contribution is -0.163. The number of rotatable bonds is 12. The van der Waals surface area contributed by atoms with Gasteiger partial charge in [-0.3, -0.25) is 9.59 Å². The van der Waals surface area contributed by atoms with Crippen LogP contribution in [0, 0.1) is 11.8 Å². The quantitative estimate of drug-likeness (QED) is 0.364. The number of carbonyl (C=O) groups excluding carboxylic acids is 2. The van der Waals surface area contributed by atoms with Crippen molar-refractivity contribution in [1.82, 2.24) is 0 Å². The first-order chi connectivity index (χ1) is 10.1. The third kappa shape index (κ3) is 9.65. The molecule has 0 aromatic heterocycles. The summed E-state index contributed by atoms with van der Waals surface area (Å²) in [5.74, 6) is -0.373. The van der Waals surface area contributed by atoms with E-state index in [4.69, 9.17) is 4.74 Å². The van der Waals surface area contributed by atoms with Gasteiger partial charge in [0.1, 0.15) is 0 Å². The van der Waals surface area contributed by atoms with Crippen molar-refractivity contribution in [3.05, 3.63) is 0 Å². The molecule has 0 fully saturated rings. The molecule has 0 bridgehead atoms. The first-order valence-corrected chi connectivity index (χ1v) is 8.83. The fourth-order valence-electron chi connectivity index (χ4n) is 2.82. The molecule has 0 N–H and O–H groups in total. The van der Waals surface area contributed by atoms with Crippen LogP contribution in [0.2, 0.25) is 0 Å². The Bertz CT molecular complexity index is 280. The maximum absolute atomic E-state index is 12.1. The van der Waals surface area contributed by atoms with Gasteiger partial charge in [-0.2, -0.15) is 0 Å². The minimum absolute atomic E-state index is 0.102. The second-order valence-corrected chi connectivity index (χ2v) is 6.07. The van der Waals surface area contributed by atoms with Gasteiger partial charge in [-0.05, 0) is 18.8 Å². The molecule has 0 aromatic carbocycles. The molecule has 124 valence electrons. The summed E-state index contributed by atoms with van der Waals surface area (Å²) in [6, 6.07) is 0. The van der Waals surface area contributed by atoms with Crippen LogP contribution >= 0.6 is 0 Å². The number of ether oxygens (including phenoxy) is 1. The van der Waals surface area contributed by atoms with Crippen molar-refractivity contribution < 1.29 is 14.3 Å². The molecular weight excluding hydrogens is 264 g/mol. The Hall–Kier alpha value is -0.860. The molecule has 0 rings (SSSR count). The summed E-state index contributed by atoms with van der Waals surface area (Å²) >= 11 is 0. The van der Waals surface area contributed by atoms with E-state index in [0.717, 1.165) is 57.8 Å². The van der Waals surface area contributed by atoms with Crippen LogP contribution in [0.1, 0.15) is 91.9 Å². The molecule has 1 unspecified atom stereocenters. The van der Waals surface area contributed by atoms with Gasteiger partial charge in [0.2, 0.25) is 0 Å². The van der Waals surface area contributed by atoms with Crippen molar-refractivity contribution in [2.45, 2.75) is 91.9 Å². The van der Waals surface area contributed by atoms with E-state index in [2.05, 4.69) is 27.7 Å². The molecule has 3 heteroatoms. The van der Waals surface area contributed by atoms with Crippen molar-refractivity contribution in [2.75, 3.05) is 0 Å². The van der Waals surface area contributed by atoms with Gasteiger partial charge in [0.05, 0.1) is 5.92 Å². The van der Waals surface area contributed by atoms with Crippen LogP contribution in [0.3, 0.4) is 0 Å². The molecule has 0 amide bonds. The summed E-state index contributed by atoms with van der Waals surface area (Å²) in [4.78, 5) is 24.1. The molecule has 0 aliphatic rings. The van der Waals surface area contributed by atoms with Crippen LogP contribution in [0.15, 0.2) is 0 Å². The highest BCUT2D eigenvalue weighted by Crippen LogP contribution is 2.20. The number of esters is 2. The normalized spacial score (nSPS) is 12.4. The fraction of sp³-hybridized carbons (Fsp3) is 0.889. The monoisotopic (exact) mass is 298 g/mol. The van der Waals surface area contributed by atoms with Crippen LogP contribution in [-0.4, -0.2) is 11.9 Å². The van der Waals surface area contributed by atoms with E-state index in [-0.39, 0.29) is 17.9 Å². The van der Waals surface area contributed by atoms with Gasteiger partial charge >= 0.3 is 11.9 Å². The van der Waals surface area contributed by atoms with Crippen molar-refractivity contribution in [3.8, 4) is 0 Å². The summed E-state index contributed by atoms with van der Waals surface area (Å²) in [5, 5.41) is 0. The molecule has 0 aromatic rings. The van der Waals surface area contributed by atoms with E-state index in [1.54, 1.807) is 0 Å². The first kappa shape index (κ1) is 20.1. The van der Waals surface area contributed by atoms with Gasteiger partial charge in [0.25, 0.3) is 0 Å². The van der Waals surface area contributed by atoms with E-state index in [1.807, 2.05) is 0 Å². The summed E-state index contributed by atoms with van der Waals surface area (Å²) in [6.45, 7) is 8.43. The SMILES string of the molecule is CCCCC(CCC)C(=O)OC(=O)CC(CCC)CCC. The summed E-state index contributed by atoms with van der Waals surface area (Å²) in [7, 11) is 0. The minimum Gasteiger partial charge on any atom is -0.393 e. The highest BCUT2D eigenvalue weighted by molar-refractivity contribution is 5.86. The number of hydrogen-bond donors (Lipinski definition) is 0. The Balaban J connectivity index is 4.33. The van der Waals surface area contributed by atoms with Crippen molar-refractivity contribution in [1.29, 1.82) is 0 Å². The van der Waals surface area contributed by atoms with Crippen LogP contribution in [0.5, 0.6) is 0 Å². The topological polar surface area (TPSA) is 43.4 Å². The van der Waals surface area contributed by atoms with E-state index >= 15 is 0 Å². The lowest BCUT2D eigenvalue weighted by Gasteiger charge is -2.16. The molecule has 0 heterocycles. The minimum atomic E-state index is -0.329.